The first-order valence-corrected chi connectivity index (χ1v) is 11.3. The Morgan fingerprint density at radius 2 is 1.97 bits per heavy atom. The molecule has 0 atom stereocenters. The van der Waals surface area contributed by atoms with Crippen molar-refractivity contribution >= 4 is 27.5 Å². The number of para-hydroxylation sites is 1. The Kier molecular flexibility index (Phi) is 6.47. The Hall–Kier alpha value is -2.67. The highest BCUT2D eigenvalue weighted by Gasteiger charge is 2.24. The lowest BCUT2D eigenvalue weighted by Gasteiger charge is -2.21. The van der Waals surface area contributed by atoms with Crippen LogP contribution in [-0.4, -0.2) is 28.2 Å². The van der Waals surface area contributed by atoms with Crippen molar-refractivity contribution < 1.29 is 14.3 Å². The van der Waals surface area contributed by atoms with E-state index in [2.05, 4.69) is 4.98 Å². The number of benzene rings is 1. The van der Waals surface area contributed by atoms with Crippen LogP contribution < -0.4 is 10.3 Å². The van der Waals surface area contributed by atoms with E-state index in [1.807, 2.05) is 37.3 Å². The van der Waals surface area contributed by atoms with Crippen LogP contribution in [0, 0.1) is 6.92 Å². The summed E-state index contributed by atoms with van der Waals surface area (Å²) in [5, 5.41) is 0.516. The Morgan fingerprint density at radius 3 is 2.73 bits per heavy atom. The fourth-order valence-corrected chi connectivity index (χ4v) is 4.86. The number of aryl methyl sites for hydroxylation is 2. The number of carbonyl (C=O) groups is 1. The van der Waals surface area contributed by atoms with E-state index >= 15 is 0 Å². The second-order valence-electron chi connectivity index (χ2n) is 7.66. The van der Waals surface area contributed by atoms with E-state index in [0.29, 0.717) is 40.2 Å². The van der Waals surface area contributed by atoms with Crippen molar-refractivity contribution in [2.24, 2.45) is 0 Å². The van der Waals surface area contributed by atoms with E-state index in [1.165, 1.54) is 17.8 Å². The van der Waals surface area contributed by atoms with Gasteiger partial charge in [0.05, 0.1) is 18.3 Å². The predicted molar refractivity (Wildman–Crippen MR) is 117 cm³/mol. The maximum Gasteiger partial charge on any atom is 0.348 e. The van der Waals surface area contributed by atoms with Gasteiger partial charge >= 0.3 is 5.97 Å². The molecule has 0 bridgehead atoms. The maximum absolute atomic E-state index is 13.0. The van der Waals surface area contributed by atoms with Gasteiger partial charge in [-0.3, -0.25) is 9.36 Å². The molecule has 158 valence electrons. The molecule has 0 amide bonds. The molecule has 1 aliphatic carbocycles. The van der Waals surface area contributed by atoms with Crippen LogP contribution in [0.15, 0.2) is 41.5 Å². The van der Waals surface area contributed by atoms with Gasteiger partial charge in [-0.2, -0.15) is 0 Å². The molecule has 0 spiro atoms. The van der Waals surface area contributed by atoms with Crippen LogP contribution in [0.25, 0.3) is 10.2 Å². The van der Waals surface area contributed by atoms with Gasteiger partial charge in [0.1, 0.15) is 21.6 Å². The molecule has 3 aromatic rings. The molecular formula is C23H26N2O4S. The largest absolute Gasteiger partial charge is 0.494 e. The molecule has 0 aliphatic heterocycles. The monoisotopic (exact) mass is 426 g/mol. The molecule has 1 aromatic carbocycles. The summed E-state index contributed by atoms with van der Waals surface area (Å²) in [5.41, 5.74) is 0.549. The highest BCUT2D eigenvalue weighted by atomic mass is 32.1. The molecule has 1 aliphatic rings. The van der Waals surface area contributed by atoms with E-state index in [0.717, 1.165) is 31.4 Å². The number of esters is 1. The highest BCUT2D eigenvalue weighted by Crippen LogP contribution is 2.29. The second-order valence-corrected chi connectivity index (χ2v) is 8.66. The topological polar surface area (TPSA) is 70.4 Å². The Bertz CT molecular complexity index is 1070. The smallest absolute Gasteiger partial charge is 0.348 e. The van der Waals surface area contributed by atoms with Crippen LogP contribution in [0.5, 0.6) is 5.75 Å². The van der Waals surface area contributed by atoms with Crippen LogP contribution >= 0.6 is 11.3 Å². The van der Waals surface area contributed by atoms with Gasteiger partial charge in [0.2, 0.25) is 0 Å². The van der Waals surface area contributed by atoms with Crippen molar-refractivity contribution in [2.45, 2.75) is 58.1 Å². The number of thiophene rings is 1. The quantitative estimate of drug-likeness (QED) is 0.404. The van der Waals surface area contributed by atoms with Crippen molar-refractivity contribution in [3.8, 4) is 5.75 Å². The minimum atomic E-state index is -0.329. The summed E-state index contributed by atoms with van der Waals surface area (Å²) in [6.07, 6.45) is 7.48. The van der Waals surface area contributed by atoms with Crippen LogP contribution in [0.3, 0.4) is 0 Å². The molecule has 30 heavy (non-hydrogen) atoms. The number of carbonyl (C=O) groups excluding carboxylic acids is 1. The summed E-state index contributed by atoms with van der Waals surface area (Å²) >= 11 is 1.25. The van der Waals surface area contributed by atoms with Crippen molar-refractivity contribution in [3.63, 3.8) is 0 Å². The molecule has 0 saturated heterocycles. The van der Waals surface area contributed by atoms with Gasteiger partial charge in [-0.1, -0.05) is 24.6 Å². The number of nitrogens with zero attached hydrogens (tertiary/aromatic N) is 2. The maximum atomic E-state index is 13.0. The van der Waals surface area contributed by atoms with E-state index in [4.69, 9.17) is 9.47 Å². The lowest BCUT2D eigenvalue weighted by Crippen LogP contribution is -2.22. The molecular weight excluding hydrogens is 400 g/mol. The fraction of sp³-hybridized carbons (Fsp3) is 0.435. The first kappa shape index (κ1) is 20.6. The van der Waals surface area contributed by atoms with E-state index in [9.17, 15) is 9.59 Å². The zero-order valence-corrected chi connectivity index (χ0v) is 18.0. The number of aromatic nitrogens is 2. The lowest BCUT2D eigenvalue weighted by molar-refractivity contribution is 0.0216. The van der Waals surface area contributed by atoms with Gasteiger partial charge in [-0.25, -0.2) is 9.78 Å². The van der Waals surface area contributed by atoms with Crippen molar-refractivity contribution in [2.75, 3.05) is 6.61 Å². The summed E-state index contributed by atoms with van der Waals surface area (Å²) in [6, 6.07) is 9.60. The first-order valence-electron chi connectivity index (χ1n) is 10.5. The van der Waals surface area contributed by atoms with E-state index in [1.54, 1.807) is 10.9 Å². The molecule has 1 saturated carbocycles. The molecule has 0 radical (unpaired) electrons. The highest BCUT2D eigenvalue weighted by molar-refractivity contribution is 7.20. The molecule has 0 unspecified atom stereocenters. The van der Waals surface area contributed by atoms with Gasteiger partial charge in [0.25, 0.3) is 5.56 Å². The SMILES string of the molecule is Cc1c(C(=O)OC2CCCCC2)sc2ncn(CCCOc3ccccc3)c(=O)c12. The van der Waals surface area contributed by atoms with Gasteiger partial charge in [-0.05, 0) is 56.7 Å². The molecule has 2 aromatic heterocycles. The van der Waals surface area contributed by atoms with Gasteiger partial charge in [0, 0.05) is 6.54 Å². The van der Waals surface area contributed by atoms with Crippen LogP contribution in [0.2, 0.25) is 0 Å². The number of ether oxygens (including phenoxy) is 2. The number of fused-ring (bicyclic) bond motifs is 1. The Balaban J connectivity index is 1.44. The molecule has 4 rings (SSSR count). The lowest BCUT2D eigenvalue weighted by atomic mass is 9.98. The molecule has 2 heterocycles. The third kappa shape index (κ3) is 4.56. The number of hydrogen-bond donors (Lipinski definition) is 0. The van der Waals surface area contributed by atoms with Crippen molar-refractivity contribution in [1.29, 1.82) is 0 Å². The second kappa shape index (κ2) is 9.43. The zero-order chi connectivity index (χ0) is 20.9. The summed E-state index contributed by atoms with van der Waals surface area (Å²) in [5.74, 6) is 0.484. The summed E-state index contributed by atoms with van der Waals surface area (Å²) in [6.45, 7) is 2.82. The summed E-state index contributed by atoms with van der Waals surface area (Å²) < 4.78 is 13.0. The van der Waals surface area contributed by atoms with Gasteiger partial charge in [-0.15, -0.1) is 11.3 Å². The predicted octanol–water partition coefficient (Wildman–Crippen LogP) is 4.73. The third-order valence-electron chi connectivity index (χ3n) is 5.48. The average molecular weight is 427 g/mol. The van der Waals surface area contributed by atoms with Crippen molar-refractivity contribution in [1.82, 2.24) is 9.55 Å². The molecule has 6 nitrogen and oxygen atoms in total. The fourth-order valence-electron chi connectivity index (χ4n) is 3.84. The third-order valence-corrected chi connectivity index (χ3v) is 6.66. The van der Waals surface area contributed by atoms with E-state index in [-0.39, 0.29) is 17.6 Å². The zero-order valence-electron chi connectivity index (χ0n) is 17.1. The van der Waals surface area contributed by atoms with Crippen LogP contribution in [0.1, 0.15) is 53.8 Å². The Labute approximate surface area is 179 Å². The normalized spacial score (nSPS) is 14.7. The molecule has 7 heteroatoms. The van der Waals surface area contributed by atoms with Crippen LogP contribution in [0.4, 0.5) is 0 Å². The molecule has 1 fully saturated rings. The number of rotatable bonds is 7. The van der Waals surface area contributed by atoms with Gasteiger partial charge < -0.3 is 9.47 Å². The summed E-state index contributed by atoms with van der Waals surface area (Å²) in [4.78, 5) is 31.2. The van der Waals surface area contributed by atoms with E-state index < -0.39 is 0 Å². The van der Waals surface area contributed by atoms with Crippen LogP contribution in [-0.2, 0) is 11.3 Å². The summed E-state index contributed by atoms with van der Waals surface area (Å²) in [7, 11) is 0. The minimum Gasteiger partial charge on any atom is -0.494 e. The molecule has 0 N–H and O–H groups in total. The van der Waals surface area contributed by atoms with Gasteiger partial charge in [0.15, 0.2) is 0 Å². The number of hydrogen-bond acceptors (Lipinski definition) is 6. The standard InChI is InChI=1S/C23H26N2O4S/c1-16-19-21(30-20(16)23(27)29-18-11-6-3-7-12-18)24-15-25(22(19)26)13-8-14-28-17-9-4-2-5-10-17/h2,4-5,9-10,15,18H,3,6-8,11-14H2,1H3. The van der Waals surface area contributed by atoms with Crippen molar-refractivity contribution in [3.05, 3.63) is 57.5 Å². The Morgan fingerprint density at radius 1 is 1.20 bits per heavy atom. The minimum absolute atomic E-state index is 0.00917. The first-order chi connectivity index (χ1) is 14.6. The average Bonchev–Trinajstić information content (AvgIpc) is 3.11.